The minimum atomic E-state index is -0.212. The van der Waals surface area contributed by atoms with E-state index in [0.717, 1.165) is 24.2 Å². The van der Waals surface area contributed by atoms with Gasteiger partial charge in [-0.3, -0.25) is 9.69 Å². The summed E-state index contributed by atoms with van der Waals surface area (Å²) in [6.45, 7) is 10.6. The Balaban J connectivity index is 1.63. The monoisotopic (exact) mass is 380 g/mol. The van der Waals surface area contributed by atoms with Crippen LogP contribution in [0.1, 0.15) is 36.1 Å². The van der Waals surface area contributed by atoms with E-state index in [1.165, 1.54) is 23.3 Å². The van der Waals surface area contributed by atoms with Gasteiger partial charge in [0.2, 0.25) is 5.91 Å². The van der Waals surface area contributed by atoms with Crippen LogP contribution in [0.2, 0.25) is 0 Å². The predicted octanol–water partition coefficient (Wildman–Crippen LogP) is 4.58. The molecule has 1 aliphatic heterocycles. The maximum absolute atomic E-state index is 13.1. The first-order valence-corrected chi connectivity index (χ1v) is 9.88. The van der Waals surface area contributed by atoms with Gasteiger partial charge in [-0.15, -0.1) is 0 Å². The average Bonchev–Trinajstić information content (AvgIpc) is 2.65. The van der Waals surface area contributed by atoms with Gasteiger partial charge >= 0.3 is 0 Å². The second-order valence-corrected chi connectivity index (χ2v) is 7.94. The number of halogens is 1. The zero-order chi connectivity index (χ0) is 20.3. The third-order valence-corrected chi connectivity index (χ3v) is 5.53. The number of benzene rings is 2. The molecule has 1 aliphatic rings. The SMILES string of the molecule is Cc1ccc(/C=C/C(=O)N2CC(C)N(Cc3ccc(F)cc3)CC2C)c(C)c1. The van der Waals surface area contributed by atoms with Crippen LogP contribution in [0.4, 0.5) is 4.39 Å². The first-order chi connectivity index (χ1) is 13.3. The van der Waals surface area contributed by atoms with Gasteiger partial charge in [-0.05, 0) is 62.6 Å². The molecule has 0 saturated carbocycles. The lowest BCUT2D eigenvalue weighted by Crippen LogP contribution is -2.57. The summed E-state index contributed by atoms with van der Waals surface area (Å²) in [4.78, 5) is 17.1. The number of carbonyl (C=O) groups excluding carboxylic acids is 1. The third-order valence-electron chi connectivity index (χ3n) is 5.53. The van der Waals surface area contributed by atoms with Crippen LogP contribution < -0.4 is 0 Å². The quantitative estimate of drug-likeness (QED) is 0.725. The lowest BCUT2D eigenvalue weighted by atomic mass is 10.0. The number of rotatable bonds is 4. The molecule has 4 heteroatoms. The highest BCUT2D eigenvalue weighted by atomic mass is 19.1. The van der Waals surface area contributed by atoms with Gasteiger partial charge in [-0.25, -0.2) is 4.39 Å². The summed E-state index contributed by atoms with van der Waals surface area (Å²) in [6, 6.07) is 13.3. The van der Waals surface area contributed by atoms with Crippen LogP contribution in [-0.2, 0) is 11.3 Å². The molecule has 2 atom stereocenters. The molecule has 1 saturated heterocycles. The first-order valence-electron chi connectivity index (χ1n) is 9.88. The topological polar surface area (TPSA) is 23.6 Å². The van der Waals surface area contributed by atoms with Crippen molar-refractivity contribution < 1.29 is 9.18 Å². The van der Waals surface area contributed by atoms with E-state index in [9.17, 15) is 9.18 Å². The number of piperazine rings is 1. The summed E-state index contributed by atoms with van der Waals surface area (Å²) in [5, 5.41) is 0. The molecular weight excluding hydrogens is 351 g/mol. The number of nitrogens with zero attached hydrogens (tertiary/aromatic N) is 2. The van der Waals surface area contributed by atoms with Crippen LogP contribution in [0.15, 0.2) is 48.5 Å². The fourth-order valence-corrected chi connectivity index (χ4v) is 3.82. The zero-order valence-corrected chi connectivity index (χ0v) is 17.2. The number of carbonyl (C=O) groups is 1. The Morgan fingerprint density at radius 1 is 1.07 bits per heavy atom. The van der Waals surface area contributed by atoms with Gasteiger partial charge in [0.25, 0.3) is 0 Å². The second-order valence-electron chi connectivity index (χ2n) is 7.94. The molecular formula is C24H29FN2O. The zero-order valence-electron chi connectivity index (χ0n) is 17.2. The van der Waals surface area contributed by atoms with Gasteiger partial charge in [0, 0.05) is 37.8 Å². The highest BCUT2D eigenvalue weighted by Gasteiger charge is 2.30. The summed E-state index contributed by atoms with van der Waals surface area (Å²) in [6.07, 6.45) is 3.61. The van der Waals surface area contributed by atoms with Crippen LogP contribution in [0.3, 0.4) is 0 Å². The molecule has 28 heavy (non-hydrogen) atoms. The second kappa shape index (κ2) is 8.70. The van der Waals surface area contributed by atoms with E-state index in [2.05, 4.69) is 50.8 Å². The van der Waals surface area contributed by atoms with Gasteiger partial charge in [0.1, 0.15) is 5.82 Å². The molecule has 1 amide bonds. The molecule has 0 bridgehead atoms. The van der Waals surface area contributed by atoms with E-state index in [1.54, 1.807) is 6.08 Å². The summed E-state index contributed by atoms with van der Waals surface area (Å²) < 4.78 is 13.1. The van der Waals surface area contributed by atoms with E-state index in [1.807, 2.05) is 23.1 Å². The predicted molar refractivity (Wildman–Crippen MR) is 112 cm³/mol. The van der Waals surface area contributed by atoms with Crippen molar-refractivity contribution in [3.63, 3.8) is 0 Å². The van der Waals surface area contributed by atoms with Gasteiger partial charge in [0.05, 0.1) is 0 Å². The van der Waals surface area contributed by atoms with E-state index in [-0.39, 0.29) is 23.8 Å². The minimum absolute atomic E-state index is 0.0563. The van der Waals surface area contributed by atoms with Gasteiger partial charge in [0.15, 0.2) is 0 Å². The Morgan fingerprint density at radius 2 is 1.79 bits per heavy atom. The summed E-state index contributed by atoms with van der Waals surface area (Å²) in [5.41, 5.74) is 4.57. The van der Waals surface area contributed by atoms with E-state index < -0.39 is 0 Å². The van der Waals surface area contributed by atoms with Crippen molar-refractivity contribution in [1.82, 2.24) is 9.80 Å². The standard InChI is InChI=1S/C24H29FN2O/c1-17-5-8-22(18(2)13-17)9-12-24(28)27-15-19(3)26(14-20(27)4)16-21-6-10-23(25)11-7-21/h5-13,19-20H,14-16H2,1-4H3/b12-9+. The van der Waals surface area contributed by atoms with E-state index in [4.69, 9.17) is 0 Å². The first kappa shape index (κ1) is 20.3. The van der Waals surface area contributed by atoms with E-state index >= 15 is 0 Å². The van der Waals surface area contributed by atoms with Crippen molar-refractivity contribution in [2.45, 2.75) is 46.3 Å². The van der Waals surface area contributed by atoms with Gasteiger partial charge < -0.3 is 4.90 Å². The maximum Gasteiger partial charge on any atom is 0.246 e. The molecule has 0 spiro atoms. The van der Waals surface area contributed by atoms with Crippen LogP contribution in [0.25, 0.3) is 6.08 Å². The van der Waals surface area contributed by atoms with Crippen molar-refractivity contribution in [2.75, 3.05) is 13.1 Å². The third kappa shape index (κ3) is 4.87. The molecule has 3 nitrogen and oxygen atoms in total. The molecule has 2 aromatic rings. The molecule has 1 fully saturated rings. The Morgan fingerprint density at radius 3 is 2.46 bits per heavy atom. The van der Waals surface area contributed by atoms with Crippen LogP contribution >= 0.6 is 0 Å². The molecule has 0 aromatic heterocycles. The van der Waals surface area contributed by atoms with Crippen molar-refractivity contribution in [3.8, 4) is 0 Å². The van der Waals surface area contributed by atoms with Gasteiger partial charge in [-0.1, -0.05) is 35.9 Å². The lowest BCUT2D eigenvalue weighted by Gasteiger charge is -2.44. The highest BCUT2D eigenvalue weighted by molar-refractivity contribution is 5.92. The van der Waals surface area contributed by atoms with Gasteiger partial charge in [-0.2, -0.15) is 0 Å². The number of amides is 1. The van der Waals surface area contributed by atoms with E-state index in [0.29, 0.717) is 6.54 Å². The molecule has 2 aromatic carbocycles. The van der Waals surface area contributed by atoms with Crippen molar-refractivity contribution in [3.05, 3.63) is 76.6 Å². The van der Waals surface area contributed by atoms with Crippen molar-refractivity contribution in [2.24, 2.45) is 0 Å². The van der Waals surface area contributed by atoms with Crippen molar-refractivity contribution >= 4 is 12.0 Å². The summed E-state index contributed by atoms with van der Waals surface area (Å²) in [5.74, 6) is -0.156. The average molecular weight is 381 g/mol. The minimum Gasteiger partial charge on any atom is -0.334 e. The Hall–Kier alpha value is -2.46. The molecule has 0 radical (unpaired) electrons. The Bertz CT molecular complexity index is 859. The van der Waals surface area contributed by atoms with Crippen molar-refractivity contribution in [1.29, 1.82) is 0 Å². The van der Waals surface area contributed by atoms with Crippen LogP contribution in [0, 0.1) is 19.7 Å². The molecule has 148 valence electrons. The molecule has 0 N–H and O–H groups in total. The Labute approximate surface area is 167 Å². The lowest BCUT2D eigenvalue weighted by molar-refractivity contribution is -0.131. The largest absolute Gasteiger partial charge is 0.334 e. The smallest absolute Gasteiger partial charge is 0.246 e. The number of aryl methyl sites for hydroxylation is 2. The summed E-state index contributed by atoms with van der Waals surface area (Å²) >= 11 is 0. The number of hydrogen-bond acceptors (Lipinski definition) is 2. The van der Waals surface area contributed by atoms with Crippen LogP contribution in [0.5, 0.6) is 0 Å². The fraction of sp³-hybridized carbons (Fsp3) is 0.375. The Kier molecular flexibility index (Phi) is 6.30. The number of hydrogen-bond donors (Lipinski definition) is 0. The van der Waals surface area contributed by atoms with Crippen LogP contribution in [-0.4, -0.2) is 40.9 Å². The summed E-state index contributed by atoms with van der Waals surface area (Å²) in [7, 11) is 0. The normalized spacial score (nSPS) is 20.7. The molecule has 3 rings (SSSR count). The molecule has 2 unspecified atom stereocenters. The highest BCUT2D eigenvalue weighted by Crippen LogP contribution is 2.19. The molecule has 0 aliphatic carbocycles. The maximum atomic E-state index is 13.1. The fourth-order valence-electron chi connectivity index (χ4n) is 3.82. The molecule has 1 heterocycles.